The smallest absolute Gasteiger partial charge is 0.192 e. The predicted octanol–water partition coefficient (Wildman–Crippen LogP) is 1.36. The Kier molecular flexibility index (Phi) is 3.37. The topological polar surface area (TPSA) is 53.2 Å². The second kappa shape index (κ2) is 4.53. The van der Waals surface area contributed by atoms with Crippen molar-refractivity contribution >= 4 is 0 Å². The van der Waals surface area contributed by atoms with Crippen molar-refractivity contribution in [2.75, 3.05) is 6.61 Å². The molecule has 0 heterocycles. The zero-order chi connectivity index (χ0) is 10.6. The minimum Gasteiger partial charge on any atom is -0.473 e. The van der Waals surface area contributed by atoms with E-state index in [-0.39, 0.29) is 5.56 Å². The fourth-order valence-electron chi connectivity index (χ4n) is 0.946. The fraction of sp³-hybridized carbons (Fsp3) is 0.222. The molecule has 0 aliphatic rings. The van der Waals surface area contributed by atoms with E-state index in [1.54, 1.807) is 6.07 Å². The van der Waals surface area contributed by atoms with Crippen molar-refractivity contribution in [1.82, 2.24) is 0 Å². The van der Waals surface area contributed by atoms with Gasteiger partial charge in [0.15, 0.2) is 24.0 Å². The molecule has 5 heteroatoms. The highest BCUT2D eigenvalue weighted by Gasteiger charge is 2.11. The van der Waals surface area contributed by atoms with Crippen LogP contribution in [-0.2, 0) is 6.61 Å². The summed E-state index contributed by atoms with van der Waals surface area (Å²) in [6, 6.07) is 3.50. The van der Waals surface area contributed by atoms with Crippen LogP contribution >= 0.6 is 0 Å². The van der Waals surface area contributed by atoms with Gasteiger partial charge in [0.05, 0.1) is 6.61 Å². The third kappa shape index (κ3) is 2.18. The van der Waals surface area contributed by atoms with Gasteiger partial charge in [0.25, 0.3) is 0 Å². The van der Waals surface area contributed by atoms with E-state index in [0.717, 1.165) is 12.1 Å². The summed E-state index contributed by atoms with van der Waals surface area (Å²) in [5, 5.41) is 16.8. The van der Waals surface area contributed by atoms with Crippen molar-refractivity contribution in [3.8, 4) is 11.8 Å². The van der Waals surface area contributed by atoms with Gasteiger partial charge in [-0.2, -0.15) is 5.26 Å². The molecule has 0 aliphatic carbocycles. The average molecular weight is 199 g/mol. The monoisotopic (exact) mass is 199 g/mol. The van der Waals surface area contributed by atoms with Crippen molar-refractivity contribution < 1.29 is 18.6 Å². The molecule has 0 radical (unpaired) electrons. The summed E-state index contributed by atoms with van der Waals surface area (Å²) in [6.07, 6.45) is 0. The first-order chi connectivity index (χ1) is 6.69. The Morgan fingerprint density at radius 2 is 1.93 bits per heavy atom. The van der Waals surface area contributed by atoms with Gasteiger partial charge in [-0.05, 0) is 17.7 Å². The molecule has 0 saturated heterocycles. The molecule has 3 nitrogen and oxygen atoms in total. The lowest BCUT2D eigenvalue weighted by Gasteiger charge is -2.05. The second-order valence-electron chi connectivity index (χ2n) is 2.49. The summed E-state index contributed by atoms with van der Waals surface area (Å²) in [7, 11) is 0. The van der Waals surface area contributed by atoms with E-state index < -0.39 is 30.6 Å². The van der Waals surface area contributed by atoms with Gasteiger partial charge in [-0.15, -0.1) is 0 Å². The SMILES string of the molecule is N#CCOc1c(F)cc(CO)cc1F. The number of ether oxygens (including phenoxy) is 1. The Bertz CT molecular complexity index is 351. The Morgan fingerprint density at radius 1 is 1.36 bits per heavy atom. The second-order valence-corrected chi connectivity index (χ2v) is 2.49. The molecule has 0 bridgehead atoms. The highest BCUT2D eigenvalue weighted by molar-refractivity contribution is 5.31. The van der Waals surface area contributed by atoms with E-state index in [0.29, 0.717) is 0 Å². The summed E-state index contributed by atoms with van der Waals surface area (Å²) in [5.74, 6) is -2.45. The maximum absolute atomic E-state index is 13.0. The zero-order valence-corrected chi connectivity index (χ0v) is 7.13. The molecule has 0 aromatic heterocycles. The maximum Gasteiger partial charge on any atom is 0.192 e. The molecule has 1 N–H and O–H groups in total. The fourth-order valence-corrected chi connectivity index (χ4v) is 0.946. The lowest BCUT2D eigenvalue weighted by Crippen LogP contribution is -2.00. The quantitative estimate of drug-likeness (QED) is 0.799. The maximum atomic E-state index is 13.0. The van der Waals surface area contributed by atoms with E-state index >= 15 is 0 Å². The number of halogens is 2. The zero-order valence-electron chi connectivity index (χ0n) is 7.13. The van der Waals surface area contributed by atoms with Gasteiger partial charge in [-0.25, -0.2) is 8.78 Å². The number of rotatable bonds is 3. The number of nitrogens with zero attached hydrogens (tertiary/aromatic N) is 1. The highest BCUT2D eigenvalue weighted by Crippen LogP contribution is 2.23. The van der Waals surface area contributed by atoms with Crippen LogP contribution in [-0.4, -0.2) is 11.7 Å². The summed E-state index contributed by atoms with van der Waals surface area (Å²) >= 11 is 0. The summed E-state index contributed by atoms with van der Waals surface area (Å²) in [5.41, 5.74) is 0.115. The molecule has 74 valence electrons. The lowest BCUT2D eigenvalue weighted by molar-refractivity contribution is 0.278. The summed E-state index contributed by atoms with van der Waals surface area (Å²) in [4.78, 5) is 0. The van der Waals surface area contributed by atoms with Gasteiger partial charge < -0.3 is 9.84 Å². The van der Waals surface area contributed by atoms with Crippen molar-refractivity contribution in [1.29, 1.82) is 5.26 Å². The van der Waals surface area contributed by atoms with E-state index in [4.69, 9.17) is 10.4 Å². The van der Waals surface area contributed by atoms with E-state index in [1.165, 1.54) is 0 Å². The Labute approximate surface area is 79.2 Å². The number of hydrogen-bond donors (Lipinski definition) is 1. The molecule has 0 saturated carbocycles. The molecule has 0 unspecified atom stereocenters. The van der Waals surface area contributed by atoms with Crippen LogP contribution in [0.25, 0.3) is 0 Å². The van der Waals surface area contributed by atoms with E-state index in [2.05, 4.69) is 4.74 Å². The van der Waals surface area contributed by atoms with Crippen molar-refractivity contribution in [2.24, 2.45) is 0 Å². The van der Waals surface area contributed by atoms with Crippen LogP contribution in [0.15, 0.2) is 12.1 Å². The van der Waals surface area contributed by atoms with Crippen LogP contribution in [0, 0.1) is 23.0 Å². The molecule has 0 spiro atoms. The number of benzene rings is 1. The average Bonchev–Trinajstić information content (AvgIpc) is 2.16. The number of aliphatic hydroxyl groups excluding tert-OH is 1. The van der Waals surface area contributed by atoms with Gasteiger partial charge in [-0.1, -0.05) is 0 Å². The molecule has 1 aromatic rings. The van der Waals surface area contributed by atoms with Gasteiger partial charge in [0.2, 0.25) is 0 Å². The standard InChI is InChI=1S/C9H7F2NO2/c10-7-3-6(5-13)4-8(11)9(7)14-2-1-12/h3-4,13H,2,5H2. The van der Waals surface area contributed by atoms with Crippen molar-refractivity contribution in [3.63, 3.8) is 0 Å². The summed E-state index contributed by atoms with van der Waals surface area (Å²) in [6.45, 7) is -0.876. The lowest BCUT2D eigenvalue weighted by atomic mass is 10.2. The Balaban J connectivity index is 3.00. The molecular weight excluding hydrogens is 192 g/mol. The predicted molar refractivity (Wildman–Crippen MR) is 43.4 cm³/mol. The first-order valence-electron chi connectivity index (χ1n) is 3.77. The first kappa shape index (κ1) is 10.4. The molecule has 14 heavy (non-hydrogen) atoms. The van der Waals surface area contributed by atoms with Crippen LogP contribution in [0.3, 0.4) is 0 Å². The van der Waals surface area contributed by atoms with Gasteiger partial charge in [0.1, 0.15) is 6.07 Å². The molecule has 0 atom stereocenters. The highest BCUT2D eigenvalue weighted by atomic mass is 19.1. The van der Waals surface area contributed by atoms with Gasteiger partial charge in [0, 0.05) is 0 Å². The molecule has 1 rings (SSSR count). The molecule has 0 aliphatic heterocycles. The molecule has 1 aromatic carbocycles. The third-order valence-electron chi connectivity index (χ3n) is 1.52. The van der Waals surface area contributed by atoms with Gasteiger partial charge in [-0.3, -0.25) is 0 Å². The van der Waals surface area contributed by atoms with Gasteiger partial charge >= 0.3 is 0 Å². The van der Waals surface area contributed by atoms with E-state index in [9.17, 15) is 8.78 Å². The van der Waals surface area contributed by atoms with Crippen molar-refractivity contribution in [3.05, 3.63) is 29.3 Å². The minimum absolute atomic E-state index is 0.115. The molecular formula is C9H7F2NO2. The molecule has 0 fully saturated rings. The number of nitriles is 1. The third-order valence-corrected chi connectivity index (χ3v) is 1.52. The minimum atomic E-state index is -0.927. The number of aliphatic hydroxyl groups is 1. The first-order valence-corrected chi connectivity index (χ1v) is 3.77. The molecule has 0 amide bonds. The largest absolute Gasteiger partial charge is 0.473 e. The van der Waals surface area contributed by atoms with Crippen LogP contribution < -0.4 is 4.74 Å². The van der Waals surface area contributed by atoms with Crippen LogP contribution in [0.1, 0.15) is 5.56 Å². The van der Waals surface area contributed by atoms with E-state index in [1.807, 2.05) is 0 Å². The summed E-state index contributed by atoms with van der Waals surface area (Å²) < 4.78 is 30.6. The van der Waals surface area contributed by atoms with Crippen LogP contribution in [0.5, 0.6) is 5.75 Å². The normalized spacial score (nSPS) is 9.57. The van der Waals surface area contributed by atoms with Crippen LogP contribution in [0.2, 0.25) is 0 Å². The Morgan fingerprint density at radius 3 is 2.36 bits per heavy atom. The number of hydrogen-bond acceptors (Lipinski definition) is 3. The van der Waals surface area contributed by atoms with Crippen LogP contribution in [0.4, 0.5) is 8.78 Å². The Hall–Kier alpha value is -1.67. The van der Waals surface area contributed by atoms with Crippen molar-refractivity contribution in [2.45, 2.75) is 6.61 Å².